The standard InChI is InChI=1S/C14H16N2O/c15-8-11-4-1-2-5-12(11)9-16-7-3-6-13(16)14-10-17-14/h1-2,4-5,13-14H,3,6-7,9-10H2/t13-,14-/m1/s1. The van der Waals surface area contributed by atoms with Gasteiger partial charge in [0, 0.05) is 12.6 Å². The van der Waals surface area contributed by atoms with Crippen LogP contribution in [0.2, 0.25) is 0 Å². The van der Waals surface area contributed by atoms with Crippen LogP contribution in [0.5, 0.6) is 0 Å². The summed E-state index contributed by atoms with van der Waals surface area (Å²) < 4.78 is 5.41. The summed E-state index contributed by atoms with van der Waals surface area (Å²) in [7, 11) is 0. The first-order valence-electron chi connectivity index (χ1n) is 6.22. The maximum Gasteiger partial charge on any atom is 0.0995 e. The van der Waals surface area contributed by atoms with E-state index in [1.165, 1.54) is 12.8 Å². The average molecular weight is 228 g/mol. The first-order chi connectivity index (χ1) is 8.38. The molecular weight excluding hydrogens is 212 g/mol. The van der Waals surface area contributed by atoms with E-state index in [1.54, 1.807) is 0 Å². The van der Waals surface area contributed by atoms with E-state index in [0.29, 0.717) is 12.1 Å². The van der Waals surface area contributed by atoms with Crippen molar-refractivity contribution in [3.05, 3.63) is 35.4 Å². The van der Waals surface area contributed by atoms with E-state index in [0.717, 1.165) is 30.8 Å². The van der Waals surface area contributed by atoms with Crippen molar-refractivity contribution in [1.29, 1.82) is 5.26 Å². The van der Waals surface area contributed by atoms with Crippen molar-refractivity contribution < 1.29 is 4.74 Å². The van der Waals surface area contributed by atoms with Gasteiger partial charge in [0.1, 0.15) is 0 Å². The molecule has 0 radical (unpaired) electrons. The Bertz CT molecular complexity index is 448. The van der Waals surface area contributed by atoms with Crippen LogP contribution in [0.1, 0.15) is 24.0 Å². The molecule has 2 aliphatic rings. The molecular formula is C14H16N2O. The summed E-state index contributed by atoms with van der Waals surface area (Å²) in [5.74, 6) is 0. The van der Waals surface area contributed by atoms with Crippen molar-refractivity contribution >= 4 is 0 Å². The van der Waals surface area contributed by atoms with Crippen LogP contribution >= 0.6 is 0 Å². The zero-order valence-electron chi connectivity index (χ0n) is 9.80. The second kappa shape index (κ2) is 4.48. The van der Waals surface area contributed by atoms with Crippen molar-refractivity contribution in [2.24, 2.45) is 0 Å². The molecule has 0 bridgehead atoms. The van der Waals surface area contributed by atoms with Gasteiger partial charge in [-0.1, -0.05) is 18.2 Å². The predicted octanol–water partition coefficient (Wildman–Crippen LogP) is 1.92. The quantitative estimate of drug-likeness (QED) is 0.742. The number of benzene rings is 1. The van der Waals surface area contributed by atoms with Gasteiger partial charge in [-0.2, -0.15) is 5.26 Å². The summed E-state index contributed by atoms with van der Waals surface area (Å²) >= 11 is 0. The number of nitrogens with zero attached hydrogens (tertiary/aromatic N) is 2. The van der Waals surface area contributed by atoms with Gasteiger partial charge >= 0.3 is 0 Å². The molecule has 1 aromatic carbocycles. The van der Waals surface area contributed by atoms with Crippen molar-refractivity contribution in [3.8, 4) is 6.07 Å². The zero-order chi connectivity index (χ0) is 11.7. The zero-order valence-corrected chi connectivity index (χ0v) is 9.80. The first-order valence-corrected chi connectivity index (χ1v) is 6.22. The Morgan fingerprint density at radius 1 is 1.41 bits per heavy atom. The lowest BCUT2D eigenvalue weighted by atomic mass is 10.1. The van der Waals surface area contributed by atoms with Crippen LogP contribution in [0, 0.1) is 11.3 Å². The summed E-state index contributed by atoms with van der Waals surface area (Å²) in [5, 5.41) is 9.09. The van der Waals surface area contributed by atoms with E-state index < -0.39 is 0 Å². The third kappa shape index (κ3) is 2.19. The highest BCUT2D eigenvalue weighted by Gasteiger charge is 2.39. The van der Waals surface area contributed by atoms with Crippen molar-refractivity contribution in [2.75, 3.05) is 13.2 Å². The van der Waals surface area contributed by atoms with Crippen LogP contribution in [-0.2, 0) is 11.3 Å². The SMILES string of the molecule is N#Cc1ccccc1CN1CCC[C@@H]1[C@H]1CO1. The summed E-state index contributed by atoms with van der Waals surface area (Å²) in [4.78, 5) is 2.47. The highest BCUT2D eigenvalue weighted by molar-refractivity contribution is 5.37. The van der Waals surface area contributed by atoms with Crippen LogP contribution in [0.4, 0.5) is 0 Å². The van der Waals surface area contributed by atoms with E-state index >= 15 is 0 Å². The molecule has 0 N–H and O–H groups in total. The molecule has 3 nitrogen and oxygen atoms in total. The van der Waals surface area contributed by atoms with Gasteiger partial charge in [0.25, 0.3) is 0 Å². The van der Waals surface area contributed by atoms with Gasteiger partial charge in [-0.3, -0.25) is 4.90 Å². The number of likely N-dealkylation sites (tertiary alicyclic amines) is 1. The molecule has 2 aliphatic heterocycles. The topological polar surface area (TPSA) is 39.6 Å². The van der Waals surface area contributed by atoms with Crippen LogP contribution in [0.25, 0.3) is 0 Å². The Morgan fingerprint density at radius 3 is 3.00 bits per heavy atom. The Labute approximate surface area is 102 Å². The molecule has 88 valence electrons. The highest BCUT2D eigenvalue weighted by Crippen LogP contribution is 2.29. The van der Waals surface area contributed by atoms with Gasteiger partial charge in [0.15, 0.2) is 0 Å². The molecule has 0 spiro atoms. The first kappa shape index (κ1) is 10.8. The van der Waals surface area contributed by atoms with Gasteiger partial charge in [-0.15, -0.1) is 0 Å². The van der Waals surface area contributed by atoms with Gasteiger partial charge in [-0.25, -0.2) is 0 Å². The average Bonchev–Trinajstić information content (AvgIpc) is 3.11. The molecule has 2 saturated heterocycles. The number of epoxide rings is 1. The Hall–Kier alpha value is -1.37. The number of nitriles is 1. The largest absolute Gasteiger partial charge is 0.371 e. The third-order valence-electron chi connectivity index (χ3n) is 3.71. The molecule has 3 heteroatoms. The normalized spacial score (nSPS) is 27.9. The number of ether oxygens (including phenoxy) is 1. The number of hydrogen-bond donors (Lipinski definition) is 0. The molecule has 0 aliphatic carbocycles. The molecule has 2 heterocycles. The maximum absolute atomic E-state index is 9.09. The summed E-state index contributed by atoms with van der Waals surface area (Å²) in [6.07, 6.45) is 2.94. The molecule has 1 aromatic rings. The van der Waals surface area contributed by atoms with E-state index in [1.807, 2.05) is 18.2 Å². The van der Waals surface area contributed by atoms with E-state index in [4.69, 9.17) is 10.00 Å². The summed E-state index contributed by atoms with van der Waals surface area (Å²) in [5.41, 5.74) is 1.94. The highest BCUT2D eigenvalue weighted by atomic mass is 16.6. The van der Waals surface area contributed by atoms with E-state index in [-0.39, 0.29) is 0 Å². The lowest BCUT2D eigenvalue weighted by molar-refractivity contribution is 0.201. The minimum Gasteiger partial charge on any atom is -0.371 e. The molecule has 0 saturated carbocycles. The second-order valence-electron chi connectivity index (χ2n) is 4.82. The molecule has 3 rings (SSSR count). The fourth-order valence-corrected chi connectivity index (χ4v) is 2.73. The molecule has 0 amide bonds. The Morgan fingerprint density at radius 2 is 2.24 bits per heavy atom. The Balaban J connectivity index is 1.75. The minimum atomic E-state index is 0.451. The molecule has 2 atom stereocenters. The van der Waals surface area contributed by atoms with Gasteiger partial charge in [-0.05, 0) is 31.0 Å². The fraction of sp³-hybridized carbons (Fsp3) is 0.500. The predicted molar refractivity (Wildman–Crippen MR) is 64.3 cm³/mol. The van der Waals surface area contributed by atoms with Crippen LogP contribution in [-0.4, -0.2) is 30.2 Å². The number of rotatable bonds is 3. The van der Waals surface area contributed by atoms with Gasteiger partial charge in [0.05, 0.1) is 24.3 Å². The Kier molecular flexibility index (Phi) is 2.84. The fourth-order valence-electron chi connectivity index (χ4n) is 2.73. The monoisotopic (exact) mass is 228 g/mol. The molecule has 17 heavy (non-hydrogen) atoms. The molecule has 2 fully saturated rings. The number of hydrogen-bond acceptors (Lipinski definition) is 3. The second-order valence-corrected chi connectivity index (χ2v) is 4.82. The molecule has 0 aromatic heterocycles. The van der Waals surface area contributed by atoms with E-state index in [2.05, 4.69) is 17.0 Å². The minimum absolute atomic E-state index is 0.451. The van der Waals surface area contributed by atoms with Crippen LogP contribution in [0.3, 0.4) is 0 Å². The summed E-state index contributed by atoms with van der Waals surface area (Å²) in [6, 6.07) is 10.7. The molecule has 0 unspecified atom stereocenters. The third-order valence-corrected chi connectivity index (χ3v) is 3.71. The van der Waals surface area contributed by atoms with Gasteiger partial charge in [0.2, 0.25) is 0 Å². The van der Waals surface area contributed by atoms with E-state index in [9.17, 15) is 0 Å². The maximum atomic E-state index is 9.09. The summed E-state index contributed by atoms with van der Waals surface area (Å²) in [6.45, 7) is 2.93. The van der Waals surface area contributed by atoms with Crippen molar-refractivity contribution in [1.82, 2.24) is 4.90 Å². The lowest BCUT2D eigenvalue weighted by Crippen LogP contribution is -2.33. The van der Waals surface area contributed by atoms with Crippen molar-refractivity contribution in [2.45, 2.75) is 31.5 Å². The smallest absolute Gasteiger partial charge is 0.0995 e. The lowest BCUT2D eigenvalue weighted by Gasteiger charge is -2.23. The van der Waals surface area contributed by atoms with Gasteiger partial charge < -0.3 is 4.74 Å². The van der Waals surface area contributed by atoms with Crippen molar-refractivity contribution in [3.63, 3.8) is 0 Å². The van der Waals surface area contributed by atoms with Crippen LogP contribution in [0.15, 0.2) is 24.3 Å². The van der Waals surface area contributed by atoms with Crippen LogP contribution < -0.4 is 0 Å².